The van der Waals surface area contributed by atoms with Gasteiger partial charge in [0, 0.05) is 34.9 Å². The number of fused-ring (bicyclic) bond motifs is 1. The molecule has 34 heavy (non-hydrogen) atoms. The third-order valence-corrected chi connectivity index (χ3v) is 6.66. The Balaban J connectivity index is 1.67. The van der Waals surface area contributed by atoms with Gasteiger partial charge in [-0.2, -0.15) is 13.2 Å². The molecule has 4 aromatic rings. The van der Waals surface area contributed by atoms with E-state index >= 15 is 0 Å². The molecule has 0 radical (unpaired) electrons. The Morgan fingerprint density at radius 1 is 1.18 bits per heavy atom. The average Bonchev–Trinajstić information content (AvgIpc) is 3.52. The van der Waals surface area contributed by atoms with E-state index in [1.807, 2.05) is 0 Å². The van der Waals surface area contributed by atoms with Crippen molar-refractivity contribution < 1.29 is 21.6 Å². The van der Waals surface area contributed by atoms with Crippen LogP contribution >= 0.6 is 12.3 Å². The maximum Gasteiger partial charge on any atom is 0.419 e. The summed E-state index contributed by atoms with van der Waals surface area (Å²) in [5.74, 6) is 0.733. The molecule has 1 saturated carbocycles. The van der Waals surface area contributed by atoms with Crippen molar-refractivity contribution in [1.29, 1.82) is 0 Å². The van der Waals surface area contributed by atoms with E-state index in [1.165, 1.54) is 10.2 Å². The van der Waals surface area contributed by atoms with Crippen LogP contribution in [0.5, 0.6) is 0 Å². The molecular formula is C23H21F4N5OS. The van der Waals surface area contributed by atoms with Gasteiger partial charge in [0.1, 0.15) is 11.3 Å². The van der Waals surface area contributed by atoms with Crippen LogP contribution in [0.3, 0.4) is 0 Å². The molecule has 1 aliphatic carbocycles. The first-order valence-electron chi connectivity index (χ1n) is 10.8. The Morgan fingerprint density at radius 2 is 1.94 bits per heavy atom. The predicted octanol–water partition coefficient (Wildman–Crippen LogP) is 7.12. The molecule has 0 saturated heterocycles. The zero-order valence-electron chi connectivity index (χ0n) is 18.4. The van der Waals surface area contributed by atoms with Crippen molar-refractivity contribution in [2.75, 3.05) is 5.32 Å². The fourth-order valence-corrected chi connectivity index (χ4v) is 4.98. The lowest BCUT2D eigenvalue weighted by Gasteiger charge is -2.15. The van der Waals surface area contributed by atoms with Crippen molar-refractivity contribution in [2.45, 2.75) is 51.7 Å². The van der Waals surface area contributed by atoms with E-state index in [9.17, 15) is 17.1 Å². The van der Waals surface area contributed by atoms with Crippen LogP contribution in [0.2, 0.25) is 0 Å². The van der Waals surface area contributed by atoms with Crippen molar-refractivity contribution in [2.24, 2.45) is 0 Å². The zero-order chi connectivity index (χ0) is 24.0. The third kappa shape index (κ3) is 4.02. The minimum atomic E-state index is -4.67. The summed E-state index contributed by atoms with van der Waals surface area (Å²) in [4.78, 5) is 8.18. The smallest absolute Gasteiger partial charge is 0.361 e. The first-order chi connectivity index (χ1) is 16.3. The molecule has 1 aromatic carbocycles. The summed E-state index contributed by atoms with van der Waals surface area (Å²) >= 11 is -0.0908. The molecule has 1 aliphatic rings. The van der Waals surface area contributed by atoms with E-state index in [0.29, 0.717) is 22.4 Å². The van der Waals surface area contributed by atoms with Crippen LogP contribution in [0, 0.1) is 13.8 Å². The van der Waals surface area contributed by atoms with E-state index < -0.39 is 11.7 Å². The lowest BCUT2D eigenvalue weighted by atomic mass is 10.0. The summed E-state index contributed by atoms with van der Waals surface area (Å²) in [5, 5.41) is 7.54. The largest absolute Gasteiger partial charge is 0.419 e. The molecule has 0 aliphatic heterocycles. The van der Waals surface area contributed by atoms with Crippen LogP contribution in [0.4, 0.5) is 23.0 Å². The number of aromatic nitrogens is 4. The standard InChI is InChI=1S/C23H21F4N5OS/c1-12-20(13(2)33-31-12)14-7-8-16-17(11-32(34-27)19(16)9-14)21-18(23(24,25)26)10-28-22(30-21)29-15-5-3-4-6-15/h7-11,15H,3-6H2,1-2H3,(H,28,29,30). The van der Waals surface area contributed by atoms with Crippen LogP contribution in [-0.2, 0) is 6.18 Å². The molecule has 11 heteroatoms. The highest BCUT2D eigenvalue weighted by atomic mass is 32.2. The van der Waals surface area contributed by atoms with Crippen LogP contribution in [0.25, 0.3) is 33.3 Å². The van der Waals surface area contributed by atoms with Crippen molar-refractivity contribution in [3.8, 4) is 22.4 Å². The summed E-state index contributed by atoms with van der Waals surface area (Å²) in [6.07, 6.45) is 1.41. The summed E-state index contributed by atoms with van der Waals surface area (Å²) < 4.78 is 62.0. The lowest BCUT2D eigenvalue weighted by molar-refractivity contribution is -0.137. The molecule has 6 nitrogen and oxygen atoms in total. The van der Waals surface area contributed by atoms with Gasteiger partial charge in [-0.25, -0.2) is 9.97 Å². The van der Waals surface area contributed by atoms with Crippen LogP contribution in [0.1, 0.15) is 42.7 Å². The Bertz CT molecular complexity index is 1340. The highest BCUT2D eigenvalue weighted by Crippen LogP contribution is 2.41. The van der Waals surface area contributed by atoms with E-state index in [1.54, 1.807) is 32.0 Å². The molecular weight excluding hydrogens is 470 g/mol. The molecule has 0 amide bonds. The topological polar surface area (TPSA) is 68.8 Å². The Hall–Kier alpha value is -3.08. The number of hydrogen-bond donors (Lipinski definition) is 1. The Morgan fingerprint density at radius 3 is 2.59 bits per heavy atom. The van der Waals surface area contributed by atoms with Gasteiger partial charge >= 0.3 is 6.18 Å². The number of anilines is 1. The fraction of sp³-hybridized carbons (Fsp3) is 0.348. The van der Waals surface area contributed by atoms with E-state index in [0.717, 1.165) is 43.0 Å². The number of rotatable bonds is 5. The summed E-state index contributed by atoms with van der Waals surface area (Å²) in [7, 11) is 0. The van der Waals surface area contributed by atoms with Crippen molar-refractivity contribution in [3.63, 3.8) is 0 Å². The number of aryl methyl sites for hydroxylation is 2. The first kappa shape index (κ1) is 22.7. The quantitative estimate of drug-likeness (QED) is 0.300. The number of hydrogen-bond acceptors (Lipinski definition) is 6. The minimum Gasteiger partial charge on any atom is -0.361 e. The number of halogens is 4. The average molecular weight is 492 g/mol. The highest BCUT2D eigenvalue weighted by Gasteiger charge is 2.36. The van der Waals surface area contributed by atoms with Crippen molar-refractivity contribution in [3.05, 3.63) is 47.6 Å². The summed E-state index contributed by atoms with van der Waals surface area (Å²) in [6.45, 7) is 3.56. The second-order valence-corrected chi connectivity index (χ2v) is 8.98. The van der Waals surface area contributed by atoms with Gasteiger partial charge in [-0.3, -0.25) is 3.97 Å². The normalized spacial score (nSPS) is 14.9. The molecule has 0 spiro atoms. The van der Waals surface area contributed by atoms with Gasteiger partial charge in [0.25, 0.3) is 0 Å². The molecule has 3 aromatic heterocycles. The molecule has 3 heterocycles. The fourth-order valence-electron chi connectivity index (χ4n) is 4.61. The molecule has 178 valence electrons. The first-order valence-corrected chi connectivity index (χ1v) is 11.5. The van der Waals surface area contributed by atoms with Gasteiger partial charge in [0.05, 0.1) is 16.9 Å². The zero-order valence-corrected chi connectivity index (χ0v) is 19.2. The number of alkyl halides is 3. The Labute approximate surface area is 197 Å². The maximum atomic E-state index is 13.9. The van der Waals surface area contributed by atoms with Crippen LogP contribution < -0.4 is 5.32 Å². The van der Waals surface area contributed by atoms with Gasteiger partial charge in [-0.05, 0) is 38.3 Å². The monoisotopic (exact) mass is 491 g/mol. The van der Waals surface area contributed by atoms with E-state index in [4.69, 9.17) is 4.52 Å². The molecule has 1 N–H and O–H groups in total. The van der Waals surface area contributed by atoms with Crippen LogP contribution in [0.15, 0.2) is 35.1 Å². The molecule has 0 unspecified atom stereocenters. The third-order valence-electron chi connectivity index (χ3n) is 6.21. The molecule has 5 rings (SSSR count). The number of benzene rings is 1. The second kappa shape index (κ2) is 8.61. The predicted molar refractivity (Wildman–Crippen MR) is 123 cm³/mol. The van der Waals surface area contributed by atoms with Gasteiger partial charge in [-0.1, -0.05) is 30.1 Å². The Kier molecular flexibility index (Phi) is 5.75. The van der Waals surface area contributed by atoms with Gasteiger partial charge in [-0.15, -0.1) is 3.89 Å². The van der Waals surface area contributed by atoms with Crippen molar-refractivity contribution in [1.82, 2.24) is 19.1 Å². The minimum absolute atomic E-state index is 0.0908. The molecule has 1 fully saturated rings. The van der Waals surface area contributed by atoms with Gasteiger partial charge < -0.3 is 9.84 Å². The number of nitrogens with zero attached hydrogens (tertiary/aromatic N) is 4. The van der Waals surface area contributed by atoms with Gasteiger partial charge in [0.2, 0.25) is 5.95 Å². The summed E-state index contributed by atoms with van der Waals surface area (Å²) in [5.41, 5.74) is 1.49. The lowest BCUT2D eigenvalue weighted by Crippen LogP contribution is -2.18. The highest BCUT2D eigenvalue weighted by molar-refractivity contribution is 7.92. The van der Waals surface area contributed by atoms with E-state index in [-0.39, 0.29) is 35.6 Å². The van der Waals surface area contributed by atoms with Crippen molar-refractivity contribution >= 4 is 29.2 Å². The molecule has 0 atom stereocenters. The molecule has 0 bridgehead atoms. The maximum absolute atomic E-state index is 13.9. The van der Waals surface area contributed by atoms with Crippen LogP contribution in [-0.4, -0.2) is 25.1 Å². The van der Waals surface area contributed by atoms with Gasteiger partial charge in [0.15, 0.2) is 12.3 Å². The van der Waals surface area contributed by atoms with E-state index in [2.05, 4.69) is 20.4 Å². The number of nitrogens with one attached hydrogen (secondary N) is 1. The second-order valence-electron chi connectivity index (χ2n) is 8.45. The summed E-state index contributed by atoms with van der Waals surface area (Å²) in [6, 6.07) is 5.28. The SMILES string of the molecule is Cc1noc(C)c1-c1ccc2c(-c3nc(NC4CCCC4)ncc3C(F)(F)F)cn(SF)c2c1.